The summed E-state index contributed by atoms with van der Waals surface area (Å²) in [4.78, 5) is 0. The van der Waals surface area contributed by atoms with Crippen LogP contribution in [0.5, 0.6) is 5.75 Å². The lowest BCUT2D eigenvalue weighted by Gasteiger charge is -2.52. The van der Waals surface area contributed by atoms with Crippen molar-refractivity contribution in [3.63, 3.8) is 0 Å². The van der Waals surface area contributed by atoms with Gasteiger partial charge in [-0.05, 0) is 91.4 Å². The largest absolute Gasteiger partial charge is 0.508 e. The molecule has 4 heteroatoms. The number of aromatic hydroxyl groups is 1. The third-order valence-corrected chi connectivity index (χ3v) is 12.5. The summed E-state index contributed by atoms with van der Waals surface area (Å²) in [5.41, 5.74) is 1.48. The highest BCUT2D eigenvalue weighted by Gasteiger charge is 2.60. The number of phenols is 1. The highest BCUT2D eigenvalue weighted by molar-refractivity contribution is 7.81. The fourth-order valence-electron chi connectivity index (χ4n) is 7.74. The van der Waals surface area contributed by atoms with Crippen molar-refractivity contribution in [3.05, 3.63) is 102 Å². The molecule has 36 heavy (non-hydrogen) atoms. The van der Waals surface area contributed by atoms with Gasteiger partial charge in [-0.3, -0.25) is 0 Å². The number of phenolic OH excluding ortho intramolecular Hbond substituents is 1. The Kier molecular flexibility index (Phi) is 5.78. The predicted molar refractivity (Wildman–Crippen MR) is 147 cm³/mol. The van der Waals surface area contributed by atoms with E-state index in [9.17, 15) is 14.8 Å². The average molecular weight is 499 g/mol. The van der Waals surface area contributed by atoms with Crippen LogP contribution in [0, 0.1) is 17.3 Å². The summed E-state index contributed by atoms with van der Waals surface area (Å²) in [6.45, 7) is 2.27. The summed E-state index contributed by atoms with van der Waals surface area (Å²) in [6.07, 6.45) is 7.70. The van der Waals surface area contributed by atoms with E-state index in [1.165, 1.54) is 11.1 Å². The molecule has 0 aliphatic heterocycles. The van der Waals surface area contributed by atoms with E-state index in [1.54, 1.807) is 0 Å². The molecule has 0 bridgehead atoms. The zero-order valence-corrected chi connectivity index (χ0v) is 21.8. The monoisotopic (exact) mass is 498 g/mol. The molecule has 2 N–H and O–H groups in total. The van der Waals surface area contributed by atoms with E-state index in [2.05, 4.69) is 13.0 Å². The molecule has 0 unspecified atom stereocenters. The summed E-state index contributed by atoms with van der Waals surface area (Å²) >= 11 is 0. The van der Waals surface area contributed by atoms with Gasteiger partial charge in [0.2, 0.25) is 0 Å². The molecular formula is C32H35O3P. The van der Waals surface area contributed by atoms with Crippen LogP contribution >= 0.6 is 7.14 Å². The Morgan fingerprint density at radius 3 is 2.22 bits per heavy atom. The first-order valence-electron chi connectivity index (χ1n) is 13.3. The SMILES string of the molecule is C[C@]12CC[C@@H]3c4ccc(O)cc4CC[C@H]3[C@@H]1CC[C@@]2(O)/C=C/P(=O)(c1ccccc1)c1ccccc1. The van der Waals surface area contributed by atoms with Crippen molar-refractivity contribution in [3.8, 4) is 5.75 Å². The maximum Gasteiger partial charge on any atom is 0.163 e. The lowest BCUT2D eigenvalue weighted by molar-refractivity contribution is -0.0708. The fraction of sp³-hybridized carbons (Fsp3) is 0.375. The maximum absolute atomic E-state index is 14.6. The van der Waals surface area contributed by atoms with Crippen LogP contribution in [-0.4, -0.2) is 15.8 Å². The summed E-state index contributed by atoms with van der Waals surface area (Å²) in [6, 6.07) is 25.3. The molecule has 0 heterocycles. The van der Waals surface area contributed by atoms with Gasteiger partial charge in [-0.1, -0.05) is 73.7 Å². The normalized spacial score (nSPS) is 31.6. The first-order valence-corrected chi connectivity index (χ1v) is 15.1. The van der Waals surface area contributed by atoms with E-state index in [4.69, 9.17) is 0 Å². The van der Waals surface area contributed by atoms with Gasteiger partial charge < -0.3 is 14.8 Å². The van der Waals surface area contributed by atoms with Crippen LogP contribution in [0.15, 0.2) is 90.8 Å². The molecule has 2 saturated carbocycles. The summed E-state index contributed by atoms with van der Waals surface area (Å²) < 4.78 is 14.6. The first kappa shape index (κ1) is 23.8. The Balaban J connectivity index is 1.34. The van der Waals surface area contributed by atoms with Crippen molar-refractivity contribution in [2.45, 2.75) is 57.0 Å². The summed E-state index contributed by atoms with van der Waals surface area (Å²) in [7, 11) is -3.04. The van der Waals surface area contributed by atoms with Gasteiger partial charge in [-0.25, -0.2) is 0 Å². The number of hydrogen-bond donors (Lipinski definition) is 2. The van der Waals surface area contributed by atoms with Gasteiger partial charge in [0.25, 0.3) is 0 Å². The van der Waals surface area contributed by atoms with Gasteiger partial charge in [0.05, 0.1) is 5.60 Å². The van der Waals surface area contributed by atoms with Crippen molar-refractivity contribution in [2.75, 3.05) is 0 Å². The zero-order chi connectivity index (χ0) is 25.0. The molecular weight excluding hydrogens is 463 g/mol. The first-order chi connectivity index (χ1) is 17.3. The zero-order valence-electron chi connectivity index (χ0n) is 20.9. The molecule has 5 atom stereocenters. The Morgan fingerprint density at radius 2 is 1.56 bits per heavy atom. The van der Waals surface area contributed by atoms with Crippen LogP contribution in [0.2, 0.25) is 0 Å². The second-order valence-corrected chi connectivity index (χ2v) is 14.0. The van der Waals surface area contributed by atoms with Crippen molar-refractivity contribution < 1.29 is 14.8 Å². The fourth-order valence-corrected chi connectivity index (χ4v) is 10.1. The quantitative estimate of drug-likeness (QED) is 0.403. The smallest absolute Gasteiger partial charge is 0.163 e. The number of aryl methyl sites for hydroxylation is 1. The number of rotatable bonds is 4. The van der Waals surface area contributed by atoms with Crippen molar-refractivity contribution in [1.29, 1.82) is 0 Å². The van der Waals surface area contributed by atoms with Crippen molar-refractivity contribution in [1.82, 2.24) is 0 Å². The van der Waals surface area contributed by atoms with Gasteiger partial charge in [-0.2, -0.15) is 0 Å². The minimum atomic E-state index is -3.04. The van der Waals surface area contributed by atoms with E-state index >= 15 is 0 Å². The molecule has 3 aliphatic rings. The lowest BCUT2D eigenvalue weighted by atomic mass is 9.53. The van der Waals surface area contributed by atoms with Gasteiger partial charge in [0, 0.05) is 16.0 Å². The van der Waals surface area contributed by atoms with Gasteiger partial charge in [0.15, 0.2) is 7.14 Å². The molecule has 3 nitrogen and oxygen atoms in total. The van der Waals surface area contributed by atoms with E-state index in [0.29, 0.717) is 29.9 Å². The molecule has 2 fully saturated rings. The molecule has 3 aliphatic carbocycles. The van der Waals surface area contributed by atoms with Gasteiger partial charge in [0.1, 0.15) is 5.75 Å². The van der Waals surface area contributed by atoms with Crippen LogP contribution < -0.4 is 10.6 Å². The minimum absolute atomic E-state index is 0.239. The van der Waals surface area contributed by atoms with Crippen molar-refractivity contribution in [2.24, 2.45) is 17.3 Å². The van der Waals surface area contributed by atoms with Crippen LogP contribution in [0.3, 0.4) is 0 Å². The Hall–Kier alpha value is -2.61. The minimum Gasteiger partial charge on any atom is -0.508 e. The summed E-state index contributed by atoms with van der Waals surface area (Å²) in [5.74, 6) is 3.67. The molecule has 186 valence electrons. The summed E-state index contributed by atoms with van der Waals surface area (Å²) in [5, 5.41) is 23.7. The van der Waals surface area contributed by atoms with E-state index in [0.717, 1.165) is 42.7 Å². The number of hydrogen-bond acceptors (Lipinski definition) is 3. The van der Waals surface area contributed by atoms with Crippen LogP contribution in [0.4, 0.5) is 0 Å². The lowest BCUT2D eigenvalue weighted by Crippen LogP contribution is -2.49. The molecule has 6 rings (SSSR count). The number of fused-ring (bicyclic) bond motifs is 5. The third kappa shape index (κ3) is 3.63. The Morgan fingerprint density at radius 1 is 0.889 bits per heavy atom. The van der Waals surface area contributed by atoms with Gasteiger partial charge in [-0.15, -0.1) is 0 Å². The van der Waals surface area contributed by atoms with Crippen molar-refractivity contribution >= 4 is 17.8 Å². The number of aliphatic hydroxyl groups is 1. The molecule has 3 aromatic rings. The van der Waals surface area contributed by atoms with E-state index < -0.39 is 12.7 Å². The Labute approximate surface area is 214 Å². The molecule has 3 aromatic carbocycles. The van der Waals surface area contributed by atoms with E-state index in [-0.39, 0.29) is 5.41 Å². The second kappa shape index (κ2) is 8.75. The standard InChI is InChI=1S/C32H35O3P/c1-31-18-16-28-27-15-13-24(33)22-23(27)12-14-29(28)30(31)17-19-32(31,34)20-21-36(35,25-8-4-2-5-9-25)26-10-6-3-7-11-26/h2-11,13,15,20-22,28-30,33-34H,12,14,16-19H2,1H3/b21-20+/t28-,29-,30+,31+,32-/m1/s1. The van der Waals surface area contributed by atoms with Gasteiger partial charge >= 0.3 is 0 Å². The molecule has 0 radical (unpaired) electrons. The second-order valence-electron chi connectivity index (χ2n) is 11.4. The topological polar surface area (TPSA) is 57.5 Å². The molecule has 0 saturated heterocycles. The number of benzene rings is 3. The van der Waals surface area contributed by atoms with Crippen LogP contribution in [0.25, 0.3) is 0 Å². The Bertz CT molecular complexity index is 1290. The molecule has 0 spiro atoms. The van der Waals surface area contributed by atoms with Crippen LogP contribution in [-0.2, 0) is 11.0 Å². The van der Waals surface area contributed by atoms with Crippen LogP contribution in [0.1, 0.15) is 56.1 Å². The maximum atomic E-state index is 14.6. The highest BCUT2D eigenvalue weighted by atomic mass is 31.2. The highest BCUT2D eigenvalue weighted by Crippen LogP contribution is 2.65. The van der Waals surface area contributed by atoms with E-state index in [1.807, 2.05) is 84.7 Å². The molecule has 0 aromatic heterocycles. The molecule has 0 amide bonds. The predicted octanol–water partition coefficient (Wildman–Crippen LogP) is 6.51. The third-order valence-electron chi connectivity index (χ3n) is 9.76. The average Bonchev–Trinajstić information content (AvgIpc) is 3.18.